The number of benzene rings is 2. The average Bonchev–Trinajstić information content (AvgIpc) is 3.29. The van der Waals surface area contributed by atoms with Gasteiger partial charge in [-0.05, 0) is 17.5 Å². The molecule has 1 aliphatic rings. The maximum atomic E-state index is 6.15. The summed E-state index contributed by atoms with van der Waals surface area (Å²) < 4.78 is 6.15. The molecule has 2 atom stereocenters. The highest BCUT2D eigenvalue weighted by molar-refractivity contribution is 8.06. The zero-order valence-electron chi connectivity index (χ0n) is 10.9. The topological polar surface area (TPSA) is 9.23 Å². The van der Waals surface area contributed by atoms with Crippen LogP contribution in [0.5, 0.6) is 0 Å². The summed E-state index contributed by atoms with van der Waals surface area (Å²) in [7, 11) is 0. The van der Waals surface area contributed by atoms with Gasteiger partial charge in [0.05, 0.1) is 12.7 Å². The van der Waals surface area contributed by atoms with Crippen LogP contribution in [0.25, 0.3) is 0 Å². The number of hydrogen-bond donors (Lipinski definition) is 0. The predicted molar refractivity (Wildman–Crippen MR) is 81.3 cm³/mol. The summed E-state index contributed by atoms with van der Waals surface area (Å²) in [5.41, 5.74) is 2.54. The fourth-order valence-electron chi connectivity index (χ4n) is 2.18. The first-order valence-corrected chi connectivity index (χ1v) is 7.79. The van der Waals surface area contributed by atoms with Crippen LogP contribution in [0.2, 0.25) is 0 Å². The van der Waals surface area contributed by atoms with E-state index >= 15 is 0 Å². The maximum absolute atomic E-state index is 6.15. The molecule has 0 aliphatic carbocycles. The normalized spacial score (nSPS) is 19.1. The molecule has 2 heteroatoms. The molecule has 2 aromatic rings. The molecule has 1 saturated heterocycles. The SMILES string of the molecule is c1ccc(COC(CC2CS2)c2ccccc2)cc1. The Bertz CT molecular complexity index is 493. The number of rotatable bonds is 6. The van der Waals surface area contributed by atoms with E-state index in [0.717, 1.165) is 11.7 Å². The minimum Gasteiger partial charge on any atom is -0.369 e. The first-order chi connectivity index (χ1) is 9.42. The van der Waals surface area contributed by atoms with Crippen LogP contribution in [-0.4, -0.2) is 11.0 Å². The quantitative estimate of drug-likeness (QED) is 0.717. The highest BCUT2D eigenvalue weighted by Crippen LogP contribution is 2.39. The molecule has 1 nitrogen and oxygen atoms in total. The molecular weight excluding hydrogens is 252 g/mol. The van der Waals surface area contributed by atoms with Crippen molar-refractivity contribution in [3.63, 3.8) is 0 Å². The van der Waals surface area contributed by atoms with Gasteiger partial charge in [-0.1, -0.05) is 60.7 Å². The molecule has 1 heterocycles. The fraction of sp³-hybridized carbons (Fsp3) is 0.294. The van der Waals surface area contributed by atoms with Crippen molar-refractivity contribution >= 4 is 11.8 Å². The van der Waals surface area contributed by atoms with Crippen molar-refractivity contribution in [3.8, 4) is 0 Å². The van der Waals surface area contributed by atoms with Crippen molar-refractivity contribution in [1.82, 2.24) is 0 Å². The van der Waals surface area contributed by atoms with Gasteiger partial charge in [-0.15, -0.1) is 0 Å². The minimum absolute atomic E-state index is 0.224. The molecule has 1 fully saturated rings. The molecule has 0 radical (unpaired) electrons. The summed E-state index contributed by atoms with van der Waals surface area (Å²) in [6.07, 6.45) is 1.35. The van der Waals surface area contributed by atoms with Gasteiger partial charge in [-0.3, -0.25) is 0 Å². The first kappa shape index (κ1) is 12.8. The van der Waals surface area contributed by atoms with Gasteiger partial charge < -0.3 is 4.74 Å². The van der Waals surface area contributed by atoms with Crippen molar-refractivity contribution in [2.45, 2.75) is 24.4 Å². The number of ether oxygens (including phenoxy) is 1. The van der Waals surface area contributed by atoms with E-state index in [1.165, 1.54) is 16.9 Å². The largest absolute Gasteiger partial charge is 0.369 e. The Hall–Kier alpha value is -1.25. The van der Waals surface area contributed by atoms with Crippen molar-refractivity contribution in [2.24, 2.45) is 0 Å². The molecular formula is C17H18OS. The van der Waals surface area contributed by atoms with E-state index in [1.54, 1.807) is 0 Å². The lowest BCUT2D eigenvalue weighted by Crippen LogP contribution is -2.07. The Morgan fingerprint density at radius 2 is 1.63 bits per heavy atom. The third kappa shape index (κ3) is 3.85. The summed E-state index contributed by atoms with van der Waals surface area (Å²) in [4.78, 5) is 0. The highest BCUT2D eigenvalue weighted by Gasteiger charge is 2.27. The molecule has 98 valence electrons. The lowest BCUT2D eigenvalue weighted by Gasteiger charge is -2.18. The summed E-state index contributed by atoms with van der Waals surface area (Å²) in [6, 6.07) is 21.0. The van der Waals surface area contributed by atoms with Gasteiger partial charge in [-0.2, -0.15) is 11.8 Å². The summed E-state index contributed by atoms with van der Waals surface area (Å²) >= 11 is 2.03. The van der Waals surface area contributed by atoms with E-state index in [9.17, 15) is 0 Å². The molecule has 2 unspecified atom stereocenters. The Morgan fingerprint density at radius 3 is 2.26 bits per heavy atom. The van der Waals surface area contributed by atoms with Crippen LogP contribution in [0, 0.1) is 0 Å². The molecule has 1 aliphatic heterocycles. The van der Waals surface area contributed by atoms with Crippen LogP contribution in [0.4, 0.5) is 0 Å². The van der Waals surface area contributed by atoms with Crippen LogP contribution in [-0.2, 0) is 11.3 Å². The maximum Gasteiger partial charge on any atom is 0.0840 e. The molecule has 19 heavy (non-hydrogen) atoms. The molecule has 0 aromatic heterocycles. The summed E-state index contributed by atoms with van der Waals surface area (Å²) in [5.74, 6) is 1.29. The van der Waals surface area contributed by atoms with Crippen LogP contribution >= 0.6 is 11.8 Å². The predicted octanol–water partition coefficient (Wildman–Crippen LogP) is 4.45. The van der Waals surface area contributed by atoms with Crippen LogP contribution in [0.15, 0.2) is 60.7 Å². The van der Waals surface area contributed by atoms with E-state index in [2.05, 4.69) is 54.6 Å². The van der Waals surface area contributed by atoms with Gasteiger partial charge in [-0.25, -0.2) is 0 Å². The van der Waals surface area contributed by atoms with Gasteiger partial charge in [0.2, 0.25) is 0 Å². The Kier molecular flexibility index (Phi) is 4.21. The molecule has 0 bridgehead atoms. The van der Waals surface area contributed by atoms with Crippen LogP contribution < -0.4 is 0 Å². The zero-order valence-corrected chi connectivity index (χ0v) is 11.7. The monoisotopic (exact) mass is 270 g/mol. The zero-order chi connectivity index (χ0) is 12.9. The first-order valence-electron chi connectivity index (χ1n) is 6.74. The van der Waals surface area contributed by atoms with Gasteiger partial charge >= 0.3 is 0 Å². The van der Waals surface area contributed by atoms with E-state index < -0.39 is 0 Å². The second kappa shape index (κ2) is 6.27. The van der Waals surface area contributed by atoms with E-state index in [1.807, 2.05) is 17.8 Å². The standard InChI is InChI=1S/C17H18OS/c1-3-7-14(8-4-1)12-18-17(11-16-13-19-16)15-9-5-2-6-10-15/h1-10,16-17H,11-13H2. The lowest BCUT2D eigenvalue weighted by atomic mass is 10.1. The van der Waals surface area contributed by atoms with E-state index in [0.29, 0.717) is 6.61 Å². The van der Waals surface area contributed by atoms with Crippen molar-refractivity contribution in [1.29, 1.82) is 0 Å². The van der Waals surface area contributed by atoms with Gasteiger partial charge in [0, 0.05) is 11.0 Å². The molecule has 0 saturated carbocycles. The third-order valence-electron chi connectivity index (χ3n) is 3.34. The number of thioether (sulfide) groups is 1. The summed E-state index contributed by atoms with van der Waals surface area (Å²) in [5, 5.41) is 0.793. The molecule has 0 N–H and O–H groups in total. The highest BCUT2D eigenvalue weighted by atomic mass is 32.2. The Labute approximate surface area is 119 Å². The van der Waals surface area contributed by atoms with Crippen LogP contribution in [0.3, 0.4) is 0 Å². The number of hydrogen-bond acceptors (Lipinski definition) is 2. The second-order valence-corrected chi connectivity index (χ2v) is 6.22. The molecule has 2 aromatic carbocycles. The smallest absolute Gasteiger partial charge is 0.0840 e. The average molecular weight is 270 g/mol. The second-order valence-electron chi connectivity index (χ2n) is 4.89. The fourth-order valence-corrected chi connectivity index (χ4v) is 2.77. The van der Waals surface area contributed by atoms with Gasteiger partial charge in [0.15, 0.2) is 0 Å². The molecule has 0 amide bonds. The Morgan fingerprint density at radius 1 is 1.00 bits per heavy atom. The third-order valence-corrected chi connectivity index (χ3v) is 4.34. The Balaban J connectivity index is 1.65. The van der Waals surface area contributed by atoms with Crippen LogP contribution in [0.1, 0.15) is 23.7 Å². The van der Waals surface area contributed by atoms with Crippen molar-refractivity contribution in [3.05, 3.63) is 71.8 Å². The van der Waals surface area contributed by atoms with Gasteiger partial charge in [0.25, 0.3) is 0 Å². The van der Waals surface area contributed by atoms with E-state index in [4.69, 9.17) is 4.74 Å². The minimum atomic E-state index is 0.224. The van der Waals surface area contributed by atoms with Crippen molar-refractivity contribution in [2.75, 3.05) is 5.75 Å². The summed E-state index contributed by atoms with van der Waals surface area (Å²) in [6.45, 7) is 0.692. The van der Waals surface area contributed by atoms with Gasteiger partial charge in [0.1, 0.15) is 0 Å². The molecule has 3 rings (SSSR count). The molecule has 0 spiro atoms. The lowest BCUT2D eigenvalue weighted by molar-refractivity contribution is 0.0355. The van der Waals surface area contributed by atoms with E-state index in [-0.39, 0.29) is 6.10 Å². The van der Waals surface area contributed by atoms with Crippen molar-refractivity contribution < 1.29 is 4.74 Å².